The second kappa shape index (κ2) is 7.20. The minimum Gasteiger partial charge on any atom is -0.468 e. The zero-order chi connectivity index (χ0) is 17.0. The van der Waals surface area contributed by atoms with Gasteiger partial charge in [0.25, 0.3) is 5.91 Å². The predicted molar refractivity (Wildman–Crippen MR) is 91.4 cm³/mol. The van der Waals surface area contributed by atoms with Crippen LogP contribution in [0.5, 0.6) is 0 Å². The van der Waals surface area contributed by atoms with Crippen molar-refractivity contribution in [2.75, 3.05) is 12.3 Å². The lowest BCUT2D eigenvalue weighted by molar-refractivity contribution is 0.0978. The summed E-state index contributed by atoms with van der Waals surface area (Å²) < 4.78 is 31.9. The minimum atomic E-state index is -3.67. The van der Waals surface area contributed by atoms with Crippen molar-refractivity contribution < 1.29 is 17.6 Å². The van der Waals surface area contributed by atoms with Gasteiger partial charge in [0.1, 0.15) is 5.76 Å². The first-order chi connectivity index (χ1) is 11.5. The second-order valence-electron chi connectivity index (χ2n) is 4.92. The van der Waals surface area contributed by atoms with Gasteiger partial charge in [0.15, 0.2) is 5.17 Å². The Morgan fingerprint density at radius 2 is 2.04 bits per heavy atom. The third kappa shape index (κ3) is 4.05. The Morgan fingerprint density at radius 1 is 1.25 bits per heavy atom. The van der Waals surface area contributed by atoms with Crippen molar-refractivity contribution in [3.8, 4) is 0 Å². The quantitative estimate of drug-likeness (QED) is 0.838. The molecule has 1 amide bonds. The van der Waals surface area contributed by atoms with E-state index >= 15 is 0 Å². The SMILES string of the molecule is O=C(NC1=NCCS1)c1ccc(S(=O)(=O)NCc2ccco2)cc1. The Balaban J connectivity index is 1.65. The van der Waals surface area contributed by atoms with Gasteiger partial charge < -0.3 is 9.73 Å². The highest BCUT2D eigenvalue weighted by atomic mass is 32.2. The van der Waals surface area contributed by atoms with E-state index in [4.69, 9.17) is 4.42 Å². The van der Waals surface area contributed by atoms with Gasteiger partial charge in [0.2, 0.25) is 10.0 Å². The molecule has 0 atom stereocenters. The molecule has 2 aromatic rings. The predicted octanol–water partition coefficient (Wildman–Crippen LogP) is 1.59. The number of nitrogens with one attached hydrogen (secondary N) is 2. The Bertz CT molecular complexity index is 843. The normalized spacial score (nSPS) is 14.4. The van der Waals surface area contributed by atoms with Crippen LogP contribution in [0.15, 0.2) is 57.0 Å². The molecule has 3 rings (SSSR count). The third-order valence-electron chi connectivity index (χ3n) is 3.25. The number of benzene rings is 1. The van der Waals surface area contributed by atoms with E-state index in [0.717, 1.165) is 5.75 Å². The van der Waals surface area contributed by atoms with Gasteiger partial charge in [-0.3, -0.25) is 9.79 Å². The first kappa shape index (κ1) is 16.7. The highest BCUT2D eigenvalue weighted by Gasteiger charge is 2.16. The summed E-state index contributed by atoms with van der Waals surface area (Å²) in [6.07, 6.45) is 1.48. The Labute approximate surface area is 143 Å². The molecule has 2 N–H and O–H groups in total. The lowest BCUT2D eigenvalue weighted by Gasteiger charge is -2.07. The molecule has 0 saturated heterocycles. The van der Waals surface area contributed by atoms with Gasteiger partial charge in [-0.1, -0.05) is 11.8 Å². The molecule has 1 aliphatic heterocycles. The van der Waals surface area contributed by atoms with Crippen molar-refractivity contribution in [3.05, 3.63) is 54.0 Å². The molecule has 126 valence electrons. The molecule has 1 aliphatic rings. The number of thioether (sulfide) groups is 1. The lowest BCUT2D eigenvalue weighted by atomic mass is 10.2. The van der Waals surface area contributed by atoms with Crippen LogP contribution in [-0.2, 0) is 16.6 Å². The van der Waals surface area contributed by atoms with Crippen molar-refractivity contribution in [1.82, 2.24) is 10.0 Å². The van der Waals surface area contributed by atoms with Gasteiger partial charge in [-0.15, -0.1) is 0 Å². The van der Waals surface area contributed by atoms with Gasteiger partial charge in [-0.25, -0.2) is 13.1 Å². The largest absolute Gasteiger partial charge is 0.468 e. The molecule has 2 heterocycles. The second-order valence-corrected chi connectivity index (χ2v) is 7.77. The fourth-order valence-electron chi connectivity index (χ4n) is 2.03. The molecule has 1 aromatic carbocycles. The molecule has 0 spiro atoms. The number of amidine groups is 1. The van der Waals surface area contributed by atoms with Crippen LogP contribution in [0.25, 0.3) is 0 Å². The van der Waals surface area contributed by atoms with E-state index in [2.05, 4.69) is 15.0 Å². The molecule has 0 aliphatic carbocycles. The number of carbonyl (C=O) groups is 1. The van der Waals surface area contributed by atoms with Crippen LogP contribution in [0, 0.1) is 0 Å². The third-order valence-corrected chi connectivity index (χ3v) is 5.56. The molecular formula is C15H15N3O4S2. The van der Waals surface area contributed by atoms with Gasteiger partial charge >= 0.3 is 0 Å². The molecule has 0 unspecified atom stereocenters. The molecule has 0 bridgehead atoms. The van der Waals surface area contributed by atoms with Crippen LogP contribution in [0.4, 0.5) is 0 Å². The van der Waals surface area contributed by atoms with E-state index < -0.39 is 10.0 Å². The summed E-state index contributed by atoms with van der Waals surface area (Å²) in [4.78, 5) is 16.3. The first-order valence-electron chi connectivity index (χ1n) is 7.15. The number of rotatable bonds is 5. The fourth-order valence-corrected chi connectivity index (χ4v) is 3.74. The highest BCUT2D eigenvalue weighted by Crippen LogP contribution is 2.13. The smallest absolute Gasteiger partial charge is 0.257 e. The van der Waals surface area contributed by atoms with E-state index in [-0.39, 0.29) is 17.3 Å². The van der Waals surface area contributed by atoms with E-state index in [0.29, 0.717) is 23.0 Å². The molecular weight excluding hydrogens is 350 g/mol. The highest BCUT2D eigenvalue weighted by molar-refractivity contribution is 8.14. The summed E-state index contributed by atoms with van der Waals surface area (Å²) in [5.41, 5.74) is 0.371. The van der Waals surface area contributed by atoms with E-state index in [9.17, 15) is 13.2 Å². The van der Waals surface area contributed by atoms with Gasteiger partial charge in [-0.2, -0.15) is 0 Å². The minimum absolute atomic E-state index is 0.0641. The maximum Gasteiger partial charge on any atom is 0.257 e. The number of aliphatic imine (C=N–C) groups is 1. The monoisotopic (exact) mass is 365 g/mol. The Kier molecular flexibility index (Phi) is 5.03. The van der Waals surface area contributed by atoms with E-state index in [1.807, 2.05) is 0 Å². The average molecular weight is 365 g/mol. The maximum atomic E-state index is 12.2. The molecule has 24 heavy (non-hydrogen) atoms. The molecule has 9 heteroatoms. The number of sulfonamides is 1. The van der Waals surface area contributed by atoms with Gasteiger partial charge in [-0.05, 0) is 36.4 Å². The summed E-state index contributed by atoms with van der Waals surface area (Å²) in [5, 5.41) is 3.29. The van der Waals surface area contributed by atoms with Crippen molar-refractivity contribution in [2.45, 2.75) is 11.4 Å². The van der Waals surface area contributed by atoms with Crippen LogP contribution < -0.4 is 10.0 Å². The standard InChI is InChI=1S/C15H15N3O4S2/c19-14(18-15-16-7-9-23-15)11-3-5-13(6-4-11)24(20,21)17-10-12-2-1-8-22-12/h1-6,8,17H,7,9-10H2,(H,16,18,19). The summed E-state index contributed by atoms with van der Waals surface area (Å²) in [6, 6.07) is 9.09. The maximum absolute atomic E-state index is 12.2. The Morgan fingerprint density at radius 3 is 2.67 bits per heavy atom. The molecule has 7 nitrogen and oxygen atoms in total. The van der Waals surface area contributed by atoms with Gasteiger partial charge in [0, 0.05) is 11.3 Å². The van der Waals surface area contributed by atoms with Crippen LogP contribution in [-0.4, -0.2) is 31.8 Å². The molecule has 0 radical (unpaired) electrons. The molecule has 1 aromatic heterocycles. The number of carbonyl (C=O) groups excluding carboxylic acids is 1. The lowest BCUT2D eigenvalue weighted by Crippen LogP contribution is -2.27. The van der Waals surface area contributed by atoms with E-state index in [1.165, 1.54) is 42.3 Å². The molecule has 0 fully saturated rings. The Hall–Kier alpha value is -2.10. The van der Waals surface area contributed by atoms with Crippen molar-refractivity contribution in [1.29, 1.82) is 0 Å². The zero-order valence-corrected chi connectivity index (χ0v) is 14.2. The number of hydrogen-bond donors (Lipinski definition) is 2. The number of nitrogens with zero attached hydrogens (tertiary/aromatic N) is 1. The first-order valence-corrected chi connectivity index (χ1v) is 9.62. The topological polar surface area (TPSA) is 101 Å². The van der Waals surface area contributed by atoms with E-state index in [1.54, 1.807) is 12.1 Å². The number of hydrogen-bond acceptors (Lipinski definition) is 6. The van der Waals surface area contributed by atoms with Crippen molar-refractivity contribution in [2.24, 2.45) is 4.99 Å². The van der Waals surface area contributed by atoms with Crippen LogP contribution in [0.2, 0.25) is 0 Å². The molecule has 0 saturated carbocycles. The summed E-state index contributed by atoms with van der Waals surface area (Å²) in [7, 11) is -3.67. The average Bonchev–Trinajstić information content (AvgIpc) is 3.27. The van der Waals surface area contributed by atoms with Gasteiger partial charge in [0.05, 0.1) is 24.2 Å². The van der Waals surface area contributed by atoms with Crippen molar-refractivity contribution >= 4 is 32.9 Å². The zero-order valence-electron chi connectivity index (χ0n) is 12.6. The summed E-state index contributed by atoms with van der Waals surface area (Å²) in [5.74, 6) is 1.06. The van der Waals surface area contributed by atoms with Crippen molar-refractivity contribution in [3.63, 3.8) is 0 Å². The summed E-state index contributed by atoms with van der Waals surface area (Å²) in [6.45, 7) is 0.757. The fraction of sp³-hybridized carbons (Fsp3) is 0.200. The number of amides is 1. The van der Waals surface area contributed by atoms with Crippen LogP contribution in [0.1, 0.15) is 16.1 Å². The number of furan rings is 1. The van der Waals surface area contributed by atoms with Crippen LogP contribution in [0.3, 0.4) is 0 Å². The van der Waals surface area contributed by atoms with Crippen LogP contribution >= 0.6 is 11.8 Å². The summed E-state index contributed by atoms with van der Waals surface area (Å²) >= 11 is 1.48.